The molecule has 1 aliphatic rings. The quantitative estimate of drug-likeness (QED) is 0.693. The van der Waals surface area contributed by atoms with E-state index < -0.39 is 8.96 Å². The minimum absolute atomic E-state index is 0.210. The first kappa shape index (κ1) is 14.5. The van der Waals surface area contributed by atoms with E-state index in [0.29, 0.717) is 6.04 Å². The van der Waals surface area contributed by atoms with Crippen LogP contribution in [0.2, 0.25) is 13.1 Å². The third-order valence-corrected chi connectivity index (χ3v) is 6.02. The van der Waals surface area contributed by atoms with Crippen LogP contribution in [0, 0.1) is 0 Å². The van der Waals surface area contributed by atoms with E-state index in [0.717, 1.165) is 0 Å². The Morgan fingerprint density at radius 2 is 1.63 bits per heavy atom. The minimum Gasteiger partial charge on any atom is -0.310 e. The molecule has 0 bridgehead atoms. The summed E-state index contributed by atoms with van der Waals surface area (Å²) in [4.78, 5) is 0. The molecular weight excluding hydrogens is 246 g/mol. The van der Waals surface area contributed by atoms with Crippen LogP contribution in [0.15, 0.2) is 29.8 Å². The highest BCUT2D eigenvalue weighted by atomic mass is 28.3. The SMILES string of the molecule is CC1=C(C)C(N([Si](C)C)C(C)(C)C)c2ccccc21. The van der Waals surface area contributed by atoms with Gasteiger partial charge < -0.3 is 4.57 Å². The molecule has 1 aromatic rings. The summed E-state index contributed by atoms with van der Waals surface area (Å²) in [5, 5.41) is 0. The van der Waals surface area contributed by atoms with Crippen molar-refractivity contribution in [3.05, 3.63) is 41.0 Å². The molecule has 1 aromatic carbocycles. The Morgan fingerprint density at radius 1 is 1.05 bits per heavy atom. The zero-order valence-corrected chi connectivity index (χ0v) is 14.3. The van der Waals surface area contributed by atoms with Gasteiger partial charge in [0.2, 0.25) is 0 Å². The second-order valence-corrected chi connectivity index (χ2v) is 9.16. The van der Waals surface area contributed by atoms with Crippen molar-refractivity contribution in [2.45, 2.75) is 59.3 Å². The van der Waals surface area contributed by atoms with Crippen LogP contribution in [0.5, 0.6) is 0 Å². The molecule has 1 unspecified atom stereocenters. The fourth-order valence-electron chi connectivity index (χ4n) is 3.38. The third-order valence-electron chi connectivity index (χ3n) is 4.12. The van der Waals surface area contributed by atoms with E-state index in [4.69, 9.17) is 0 Å². The molecule has 0 aromatic heterocycles. The summed E-state index contributed by atoms with van der Waals surface area (Å²) in [5.74, 6) is 0. The van der Waals surface area contributed by atoms with E-state index in [1.165, 1.54) is 22.3 Å². The van der Waals surface area contributed by atoms with Crippen molar-refractivity contribution in [2.24, 2.45) is 0 Å². The first-order valence-corrected chi connectivity index (χ1v) is 9.56. The molecule has 103 valence electrons. The highest BCUT2D eigenvalue weighted by molar-refractivity contribution is 6.53. The van der Waals surface area contributed by atoms with Crippen molar-refractivity contribution < 1.29 is 0 Å². The van der Waals surface area contributed by atoms with Crippen LogP contribution in [0.25, 0.3) is 5.57 Å². The molecule has 1 radical (unpaired) electrons. The normalized spacial score (nSPS) is 19.5. The van der Waals surface area contributed by atoms with Gasteiger partial charge >= 0.3 is 0 Å². The molecule has 0 heterocycles. The Hall–Kier alpha value is -0.863. The monoisotopic (exact) mass is 272 g/mol. The van der Waals surface area contributed by atoms with Gasteiger partial charge in [0.15, 0.2) is 0 Å². The lowest BCUT2D eigenvalue weighted by molar-refractivity contribution is 0.209. The van der Waals surface area contributed by atoms with Crippen LogP contribution < -0.4 is 0 Å². The maximum Gasteiger partial charge on any atom is 0.131 e. The van der Waals surface area contributed by atoms with Crippen molar-refractivity contribution in [1.29, 1.82) is 0 Å². The van der Waals surface area contributed by atoms with E-state index in [1.54, 1.807) is 0 Å². The van der Waals surface area contributed by atoms with E-state index in [2.05, 4.69) is 76.5 Å². The second-order valence-electron chi connectivity index (χ2n) is 6.79. The van der Waals surface area contributed by atoms with Gasteiger partial charge in [0.25, 0.3) is 0 Å². The summed E-state index contributed by atoms with van der Waals surface area (Å²) >= 11 is 0. The molecule has 0 aliphatic heterocycles. The molecule has 0 spiro atoms. The van der Waals surface area contributed by atoms with Crippen molar-refractivity contribution in [2.75, 3.05) is 0 Å². The average molecular weight is 272 g/mol. The van der Waals surface area contributed by atoms with Crippen molar-refractivity contribution in [1.82, 2.24) is 4.57 Å². The first-order chi connectivity index (χ1) is 8.75. The number of benzene rings is 1. The Balaban J connectivity index is 2.56. The minimum atomic E-state index is -0.511. The van der Waals surface area contributed by atoms with Crippen LogP contribution in [-0.2, 0) is 0 Å². The molecule has 0 N–H and O–H groups in total. The van der Waals surface area contributed by atoms with Gasteiger partial charge in [0.05, 0.1) is 6.04 Å². The molecule has 19 heavy (non-hydrogen) atoms. The highest BCUT2D eigenvalue weighted by Crippen LogP contribution is 2.45. The lowest BCUT2D eigenvalue weighted by Crippen LogP contribution is -2.50. The van der Waals surface area contributed by atoms with E-state index >= 15 is 0 Å². The third kappa shape index (κ3) is 2.44. The Kier molecular flexibility index (Phi) is 3.76. The fourth-order valence-corrected chi connectivity index (χ4v) is 5.57. The molecular formula is C17H26NSi. The molecule has 1 aliphatic carbocycles. The molecule has 2 heteroatoms. The number of allylic oxidation sites excluding steroid dienone is 1. The standard InChI is InChI=1S/C17H26NSi/c1-12-13(2)16(15-11-9-8-10-14(12)15)18(19(6)7)17(3,4)5/h8-11,16H,1-7H3. The lowest BCUT2D eigenvalue weighted by Gasteiger charge is -2.44. The second kappa shape index (κ2) is 4.91. The van der Waals surface area contributed by atoms with Crippen molar-refractivity contribution in [3.8, 4) is 0 Å². The predicted molar refractivity (Wildman–Crippen MR) is 86.5 cm³/mol. The summed E-state index contributed by atoms with van der Waals surface area (Å²) in [6.07, 6.45) is 0. The molecule has 0 saturated heterocycles. The van der Waals surface area contributed by atoms with Gasteiger partial charge in [-0.05, 0) is 56.9 Å². The molecule has 1 nitrogen and oxygen atoms in total. The van der Waals surface area contributed by atoms with Gasteiger partial charge in [-0.25, -0.2) is 0 Å². The zero-order chi connectivity index (χ0) is 14.4. The number of fused-ring (bicyclic) bond motifs is 1. The smallest absolute Gasteiger partial charge is 0.131 e. The Labute approximate surface area is 120 Å². The molecule has 0 fully saturated rings. The number of nitrogens with zero attached hydrogens (tertiary/aromatic N) is 1. The summed E-state index contributed by atoms with van der Waals surface area (Å²) in [5.41, 5.74) is 6.16. The van der Waals surface area contributed by atoms with E-state index in [-0.39, 0.29) is 5.54 Å². The number of hydrogen-bond donors (Lipinski definition) is 0. The zero-order valence-electron chi connectivity index (χ0n) is 13.3. The maximum absolute atomic E-state index is 2.74. The Morgan fingerprint density at radius 3 is 2.16 bits per heavy atom. The molecule has 1 atom stereocenters. The largest absolute Gasteiger partial charge is 0.310 e. The average Bonchev–Trinajstić information content (AvgIpc) is 2.53. The molecule has 0 amide bonds. The summed E-state index contributed by atoms with van der Waals surface area (Å²) in [7, 11) is -0.511. The van der Waals surface area contributed by atoms with Gasteiger partial charge in [-0.15, -0.1) is 0 Å². The maximum atomic E-state index is 2.74. The van der Waals surface area contributed by atoms with E-state index in [1.807, 2.05) is 0 Å². The Bertz CT molecular complexity index is 508. The van der Waals surface area contributed by atoms with Gasteiger partial charge in [-0.3, -0.25) is 0 Å². The number of rotatable bonds is 2. The van der Waals surface area contributed by atoms with Crippen LogP contribution in [0.3, 0.4) is 0 Å². The molecule has 2 rings (SSSR count). The first-order valence-electron chi connectivity index (χ1n) is 7.11. The molecule has 0 saturated carbocycles. The van der Waals surface area contributed by atoms with Gasteiger partial charge in [-0.1, -0.05) is 37.4 Å². The van der Waals surface area contributed by atoms with Gasteiger partial charge in [0.1, 0.15) is 8.96 Å². The fraction of sp³-hybridized carbons (Fsp3) is 0.529. The summed E-state index contributed by atoms with van der Waals surface area (Å²) in [6, 6.07) is 9.38. The predicted octanol–water partition coefficient (Wildman–Crippen LogP) is 4.89. The van der Waals surface area contributed by atoms with Gasteiger partial charge in [-0.2, -0.15) is 0 Å². The van der Waals surface area contributed by atoms with Crippen LogP contribution in [0.4, 0.5) is 0 Å². The summed E-state index contributed by atoms with van der Waals surface area (Å²) in [6.45, 7) is 16.4. The van der Waals surface area contributed by atoms with Crippen LogP contribution in [-0.4, -0.2) is 19.1 Å². The van der Waals surface area contributed by atoms with Gasteiger partial charge in [0, 0.05) is 5.54 Å². The van der Waals surface area contributed by atoms with Crippen LogP contribution >= 0.6 is 0 Å². The highest BCUT2D eigenvalue weighted by Gasteiger charge is 2.37. The van der Waals surface area contributed by atoms with Crippen molar-refractivity contribution in [3.63, 3.8) is 0 Å². The number of hydrogen-bond acceptors (Lipinski definition) is 1. The lowest BCUT2D eigenvalue weighted by atomic mass is 10.00. The summed E-state index contributed by atoms with van der Waals surface area (Å²) < 4.78 is 2.74. The van der Waals surface area contributed by atoms with E-state index in [9.17, 15) is 0 Å². The van der Waals surface area contributed by atoms with Crippen molar-refractivity contribution >= 4 is 14.5 Å². The van der Waals surface area contributed by atoms with Crippen LogP contribution in [0.1, 0.15) is 51.8 Å². The topological polar surface area (TPSA) is 3.24 Å².